The van der Waals surface area contributed by atoms with Gasteiger partial charge in [-0.2, -0.15) is 0 Å². The van der Waals surface area contributed by atoms with Crippen LogP contribution in [0.25, 0.3) is 0 Å². The van der Waals surface area contributed by atoms with Crippen LogP contribution in [0.4, 0.5) is 8.78 Å². The smallest absolute Gasteiger partial charge is 0.191 e. The Morgan fingerprint density at radius 2 is 2.00 bits per heavy atom. The highest BCUT2D eigenvalue weighted by Gasteiger charge is 2.43. The Labute approximate surface area is 97.3 Å². The van der Waals surface area contributed by atoms with Crippen LogP contribution in [0.1, 0.15) is 13.3 Å². The van der Waals surface area contributed by atoms with Crippen LogP contribution in [-0.4, -0.2) is 24.6 Å². The van der Waals surface area contributed by atoms with Gasteiger partial charge in [0, 0.05) is 13.0 Å². The molecule has 17 heavy (non-hydrogen) atoms. The van der Waals surface area contributed by atoms with Crippen molar-refractivity contribution in [2.45, 2.75) is 25.6 Å². The Balaban J connectivity index is 2.09. The molecule has 2 unspecified atom stereocenters. The predicted octanol–water partition coefficient (Wildman–Crippen LogP) is 2.09. The minimum absolute atomic E-state index is 0.103. The molecule has 1 aliphatic carbocycles. The van der Waals surface area contributed by atoms with Gasteiger partial charge in [0.15, 0.2) is 29.3 Å². The van der Waals surface area contributed by atoms with Crippen molar-refractivity contribution in [2.24, 2.45) is 0 Å². The van der Waals surface area contributed by atoms with Crippen LogP contribution < -0.4 is 4.74 Å². The largest absolute Gasteiger partial charge is 0.481 e. The Kier molecular flexibility index (Phi) is 3.38. The zero-order valence-corrected chi connectivity index (χ0v) is 9.28. The van der Waals surface area contributed by atoms with Crippen molar-refractivity contribution in [1.29, 1.82) is 0 Å². The number of hydrogen-bond acceptors (Lipinski definition) is 3. The third-order valence-electron chi connectivity index (χ3n) is 2.59. The molecule has 3 nitrogen and oxygen atoms in total. The zero-order chi connectivity index (χ0) is 12.4. The third kappa shape index (κ3) is 2.29. The summed E-state index contributed by atoms with van der Waals surface area (Å²) in [4.78, 5) is 11.2. The Bertz CT molecular complexity index is 414. The van der Waals surface area contributed by atoms with Crippen LogP contribution >= 0.6 is 0 Å². The molecular weight excluding hydrogens is 230 g/mol. The summed E-state index contributed by atoms with van der Waals surface area (Å²) in [5, 5.41) is 0. The molecular formula is C12H12F2O3. The molecule has 2 atom stereocenters. The molecule has 1 aliphatic rings. The quantitative estimate of drug-likeness (QED) is 0.811. The van der Waals surface area contributed by atoms with E-state index in [1.807, 2.05) is 0 Å². The lowest BCUT2D eigenvalue weighted by molar-refractivity contribution is -0.154. The zero-order valence-electron chi connectivity index (χ0n) is 9.28. The topological polar surface area (TPSA) is 35.5 Å². The van der Waals surface area contributed by atoms with Crippen LogP contribution in [0, 0.1) is 11.6 Å². The van der Waals surface area contributed by atoms with E-state index in [0.29, 0.717) is 6.61 Å². The number of ether oxygens (including phenoxy) is 2. The third-order valence-corrected chi connectivity index (χ3v) is 2.59. The van der Waals surface area contributed by atoms with Crippen molar-refractivity contribution in [1.82, 2.24) is 0 Å². The molecule has 0 aromatic heterocycles. The monoisotopic (exact) mass is 242 g/mol. The molecule has 0 N–H and O–H groups in total. The lowest BCUT2D eigenvalue weighted by Gasteiger charge is -2.34. The van der Waals surface area contributed by atoms with Gasteiger partial charge < -0.3 is 9.47 Å². The summed E-state index contributed by atoms with van der Waals surface area (Å²) in [6.07, 6.45) is -1.19. The highest BCUT2D eigenvalue weighted by Crippen LogP contribution is 2.29. The van der Waals surface area contributed by atoms with Crippen LogP contribution in [0.2, 0.25) is 0 Å². The minimum Gasteiger partial charge on any atom is -0.481 e. The van der Waals surface area contributed by atoms with Gasteiger partial charge >= 0.3 is 0 Å². The summed E-state index contributed by atoms with van der Waals surface area (Å²) in [6.45, 7) is 2.10. The van der Waals surface area contributed by atoms with Gasteiger partial charge in [0.25, 0.3) is 0 Å². The Hall–Kier alpha value is -1.49. The fourth-order valence-corrected chi connectivity index (χ4v) is 1.70. The number of ketones is 1. The molecule has 0 aliphatic heterocycles. The summed E-state index contributed by atoms with van der Waals surface area (Å²) >= 11 is 0. The first-order valence-electron chi connectivity index (χ1n) is 5.38. The molecule has 0 radical (unpaired) electrons. The van der Waals surface area contributed by atoms with Gasteiger partial charge in [-0.1, -0.05) is 6.07 Å². The first-order valence-corrected chi connectivity index (χ1v) is 5.38. The molecule has 0 spiro atoms. The fraction of sp³-hybridized carbons (Fsp3) is 0.417. The van der Waals surface area contributed by atoms with Crippen molar-refractivity contribution >= 4 is 5.78 Å². The van der Waals surface area contributed by atoms with Crippen molar-refractivity contribution < 1.29 is 23.0 Å². The summed E-state index contributed by atoms with van der Waals surface area (Å²) in [5.41, 5.74) is 0. The summed E-state index contributed by atoms with van der Waals surface area (Å²) in [7, 11) is 0. The van der Waals surface area contributed by atoms with E-state index in [9.17, 15) is 13.6 Å². The lowest BCUT2D eigenvalue weighted by Crippen LogP contribution is -2.52. The second-order valence-corrected chi connectivity index (χ2v) is 3.75. The van der Waals surface area contributed by atoms with E-state index in [2.05, 4.69) is 0 Å². The predicted molar refractivity (Wildman–Crippen MR) is 55.8 cm³/mol. The molecule has 1 aromatic rings. The number of Topliss-reactive ketones (excluding diaryl/α,β-unsaturated/α-hetero) is 1. The van der Waals surface area contributed by atoms with E-state index in [1.54, 1.807) is 6.92 Å². The number of halogens is 2. The van der Waals surface area contributed by atoms with Crippen LogP contribution in [0.5, 0.6) is 5.75 Å². The molecule has 5 heteroatoms. The van der Waals surface area contributed by atoms with E-state index in [0.717, 1.165) is 12.1 Å². The minimum atomic E-state index is -0.778. The van der Waals surface area contributed by atoms with Gasteiger partial charge in [-0.3, -0.25) is 4.79 Å². The van der Waals surface area contributed by atoms with E-state index in [4.69, 9.17) is 9.47 Å². The number of rotatable bonds is 4. The standard InChI is InChI=1S/C12H12F2O3/c1-2-16-12-9(15)6-10(12)17-11-7(13)4-3-5-8(11)14/h3-5,10,12H,2,6H2,1H3. The SMILES string of the molecule is CCOC1C(=O)CC1Oc1c(F)cccc1F. The normalized spacial score (nSPS) is 23.4. The molecule has 0 amide bonds. The van der Waals surface area contributed by atoms with Gasteiger partial charge in [-0.25, -0.2) is 8.78 Å². The van der Waals surface area contributed by atoms with Crippen LogP contribution in [0.3, 0.4) is 0 Å². The maximum atomic E-state index is 13.3. The fourth-order valence-electron chi connectivity index (χ4n) is 1.70. The van der Waals surface area contributed by atoms with Crippen LogP contribution in [0.15, 0.2) is 18.2 Å². The van der Waals surface area contributed by atoms with Gasteiger partial charge in [-0.05, 0) is 19.1 Å². The number of para-hydroxylation sites is 1. The van der Waals surface area contributed by atoms with Gasteiger partial charge in [0.2, 0.25) is 0 Å². The molecule has 1 saturated carbocycles. The first-order chi connectivity index (χ1) is 8.13. The van der Waals surface area contributed by atoms with Gasteiger partial charge in [0.1, 0.15) is 6.10 Å². The van der Waals surface area contributed by atoms with E-state index < -0.39 is 29.6 Å². The summed E-state index contributed by atoms with van der Waals surface area (Å²) < 4.78 is 36.9. The summed E-state index contributed by atoms with van der Waals surface area (Å²) in [6, 6.07) is 3.46. The molecule has 0 bridgehead atoms. The molecule has 92 valence electrons. The highest BCUT2D eigenvalue weighted by atomic mass is 19.1. The van der Waals surface area contributed by atoms with Gasteiger partial charge in [0.05, 0.1) is 0 Å². The van der Waals surface area contributed by atoms with E-state index in [-0.39, 0.29) is 12.2 Å². The maximum Gasteiger partial charge on any atom is 0.191 e. The molecule has 1 fully saturated rings. The Morgan fingerprint density at radius 1 is 1.35 bits per heavy atom. The molecule has 2 rings (SSSR count). The van der Waals surface area contributed by atoms with Crippen molar-refractivity contribution in [2.75, 3.05) is 6.61 Å². The molecule has 0 heterocycles. The second kappa shape index (κ2) is 4.79. The molecule has 1 aromatic carbocycles. The average molecular weight is 242 g/mol. The number of carbonyl (C=O) groups excluding carboxylic acids is 1. The molecule has 0 saturated heterocycles. The second-order valence-electron chi connectivity index (χ2n) is 3.75. The van der Waals surface area contributed by atoms with E-state index in [1.165, 1.54) is 6.07 Å². The maximum absolute atomic E-state index is 13.3. The number of hydrogen-bond donors (Lipinski definition) is 0. The van der Waals surface area contributed by atoms with Gasteiger partial charge in [-0.15, -0.1) is 0 Å². The average Bonchev–Trinajstić information content (AvgIpc) is 2.29. The lowest BCUT2D eigenvalue weighted by atomic mass is 9.90. The van der Waals surface area contributed by atoms with Crippen molar-refractivity contribution in [3.8, 4) is 5.75 Å². The van der Waals surface area contributed by atoms with Crippen molar-refractivity contribution in [3.63, 3.8) is 0 Å². The highest BCUT2D eigenvalue weighted by molar-refractivity contribution is 5.90. The number of benzene rings is 1. The number of carbonyl (C=O) groups is 1. The van der Waals surface area contributed by atoms with Crippen LogP contribution in [-0.2, 0) is 9.53 Å². The summed E-state index contributed by atoms with van der Waals surface area (Å²) in [5.74, 6) is -2.11. The Morgan fingerprint density at radius 3 is 2.53 bits per heavy atom. The van der Waals surface area contributed by atoms with Crippen molar-refractivity contribution in [3.05, 3.63) is 29.8 Å². The first kappa shape index (κ1) is 12.0. The van der Waals surface area contributed by atoms with E-state index >= 15 is 0 Å².